The van der Waals surface area contributed by atoms with Crippen molar-refractivity contribution in [3.8, 4) is 11.5 Å². The standard InChI is InChI=1S/C25H23NO3/c1-16-5-7-17(8-6-16)25(2,3)18-9-11-19(12-10-18)29-20-13-14-21-22(15-20)24(28)26(4)23(21)27/h5-15H,1-4H3. The fourth-order valence-corrected chi connectivity index (χ4v) is 3.62. The Balaban J connectivity index is 1.56. The molecule has 0 radical (unpaired) electrons. The van der Waals surface area contributed by atoms with Gasteiger partial charge < -0.3 is 4.74 Å². The maximum Gasteiger partial charge on any atom is 0.261 e. The Bertz CT molecular complexity index is 1100. The van der Waals surface area contributed by atoms with Crippen molar-refractivity contribution in [3.05, 3.63) is 94.5 Å². The second-order valence-electron chi connectivity index (χ2n) is 7.99. The molecular weight excluding hydrogens is 362 g/mol. The van der Waals surface area contributed by atoms with E-state index in [2.05, 4.69) is 57.2 Å². The van der Waals surface area contributed by atoms with Gasteiger partial charge in [0.1, 0.15) is 11.5 Å². The Hall–Kier alpha value is -3.40. The van der Waals surface area contributed by atoms with Crippen molar-refractivity contribution in [1.29, 1.82) is 0 Å². The summed E-state index contributed by atoms with van der Waals surface area (Å²) in [4.78, 5) is 25.3. The van der Waals surface area contributed by atoms with Crippen LogP contribution >= 0.6 is 0 Å². The Morgan fingerprint density at radius 3 is 1.86 bits per heavy atom. The third-order valence-electron chi connectivity index (χ3n) is 5.65. The number of nitrogens with zero attached hydrogens (tertiary/aromatic N) is 1. The van der Waals surface area contributed by atoms with Crippen LogP contribution in [0.2, 0.25) is 0 Å². The largest absolute Gasteiger partial charge is 0.457 e. The summed E-state index contributed by atoms with van der Waals surface area (Å²) in [5, 5.41) is 0. The van der Waals surface area contributed by atoms with Gasteiger partial charge in [-0.15, -0.1) is 0 Å². The maximum absolute atomic E-state index is 12.2. The summed E-state index contributed by atoms with van der Waals surface area (Å²) in [5.74, 6) is 0.633. The normalized spacial score (nSPS) is 13.6. The molecule has 0 aromatic heterocycles. The number of rotatable bonds is 4. The zero-order chi connectivity index (χ0) is 20.8. The number of hydrogen-bond acceptors (Lipinski definition) is 3. The van der Waals surface area contributed by atoms with Gasteiger partial charge in [-0.2, -0.15) is 0 Å². The number of hydrogen-bond donors (Lipinski definition) is 0. The minimum atomic E-state index is -0.300. The van der Waals surface area contributed by atoms with Gasteiger partial charge in [-0.25, -0.2) is 0 Å². The van der Waals surface area contributed by atoms with E-state index in [1.54, 1.807) is 18.2 Å². The molecule has 146 valence electrons. The van der Waals surface area contributed by atoms with Crippen LogP contribution in [-0.2, 0) is 5.41 Å². The molecule has 4 heteroatoms. The summed E-state index contributed by atoms with van der Waals surface area (Å²) < 4.78 is 5.93. The van der Waals surface area contributed by atoms with Crippen LogP contribution in [0.1, 0.15) is 51.3 Å². The zero-order valence-corrected chi connectivity index (χ0v) is 17.0. The van der Waals surface area contributed by atoms with Gasteiger partial charge in [0.15, 0.2) is 0 Å². The van der Waals surface area contributed by atoms with Crippen LogP contribution in [0.4, 0.5) is 0 Å². The van der Waals surface area contributed by atoms with Crippen LogP contribution in [-0.4, -0.2) is 23.8 Å². The van der Waals surface area contributed by atoms with Crippen molar-refractivity contribution < 1.29 is 14.3 Å². The zero-order valence-electron chi connectivity index (χ0n) is 17.0. The van der Waals surface area contributed by atoms with Crippen molar-refractivity contribution in [3.63, 3.8) is 0 Å². The molecule has 0 aliphatic carbocycles. The number of amides is 2. The number of benzene rings is 3. The molecule has 0 fully saturated rings. The summed E-state index contributed by atoms with van der Waals surface area (Å²) in [7, 11) is 1.49. The SMILES string of the molecule is Cc1ccc(C(C)(C)c2ccc(Oc3ccc4c(c3)C(=O)N(C)C4=O)cc2)cc1. The van der Waals surface area contributed by atoms with Gasteiger partial charge in [0, 0.05) is 12.5 Å². The molecule has 0 N–H and O–H groups in total. The van der Waals surface area contributed by atoms with E-state index in [0.717, 1.165) is 4.90 Å². The number of ether oxygens (including phenoxy) is 1. The fraction of sp³-hybridized carbons (Fsp3) is 0.200. The van der Waals surface area contributed by atoms with Crippen LogP contribution in [0.3, 0.4) is 0 Å². The Morgan fingerprint density at radius 2 is 1.24 bits per heavy atom. The van der Waals surface area contributed by atoms with Crippen LogP contribution in [0.15, 0.2) is 66.7 Å². The van der Waals surface area contributed by atoms with Crippen LogP contribution in [0.5, 0.6) is 11.5 Å². The first-order valence-electron chi connectivity index (χ1n) is 9.59. The Labute approximate surface area is 170 Å². The summed E-state index contributed by atoms with van der Waals surface area (Å²) in [5.41, 5.74) is 4.35. The third-order valence-corrected chi connectivity index (χ3v) is 5.65. The predicted molar refractivity (Wildman–Crippen MR) is 113 cm³/mol. The molecule has 0 bridgehead atoms. The molecule has 0 saturated carbocycles. The molecule has 3 aromatic carbocycles. The molecule has 3 aromatic rings. The molecule has 2 amide bonds. The second-order valence-corrected chi connectivity index (χ2v) is 7.99. The highest BCUT2D eigenvalue weighted by Gasteiger charge is 2.33. The van der Waals surface area contributed by atoms with E-state index in [0.29, 0.717) is 22.6 Å². The van der Waals surface area contributed by atoms with Crippen molar-refractivity contribution in [2.75, 3.05) is 7.05 Å². The number of imide groups is 1. The van der Waals surface area contributed by atoms with Crippen LogP contribution < -0.4 is 4.74 Å². The molecule has 1 heterocycles. The lowest BCUT2D eigenvalue weighted by Crippen LogP contribution is -2.24. The van der Waals surface area contributed by atoms with Gasteiger partial charge in [0.2, 0.25) is 0 Å². The summed E-state index contributed by atoms with van der Waals surface area (Å²) in [6.07, 6.45) is 0. The van der Waals surface area contributed by atoms with Crippen molar-refractivity contribution in [1.82, 2.24) is 4.90 Å². The first-order chi connectivity index (χ1) is 13.8. The van der Waals surface area contributed by atoms with Crippen molar-refractivity contribution in [2.24, 2.45) is 0 Å². The highest BCUT2D eigenvalue weighted by atomic mass is 16.5. The molecule has 0 saturated heterocycles. The van der Waals surface area contributed by atoms with Crippen molar-refractivity contribution >= 4 is 11.8 Å². The van der Waals surface area contributed by atoms with Gasteiger partial charge in [-0.1, -0.05) is 55.8 Å². The van der Waals surface area contributed by atoms with E-state index in [4.69, 9.17) is 4.74 Å². The summed E-state index contributed by atoms with van der Waals surface area (Å²) in [6, 6.07) is 21.6. The molecule has 4 nitrogen and oxygen atoms in total. The van der Waals surface area contributed by atoms with Crippen LogP contribution in [0, 0.1) is 6.92 Å². The predicted octanol–water partition coefficient (Wildman–Crippen LogP) is 5.34. The van der Waals surface area contributed by atoms with E-state index in [1.807, 2.05) is 12.1 Å². The average Bonchev–Trinajstić information content (AvgIpc) is 2.93. The second kappa shape index (κ2) is 6.89. The maximum atomic E-state index is 12.2. The van der Waals surface area contributed by atoms with E-state index in [1.165, 1.54) is 23.7 Å². The number of carbonyl (C=O) groups is 2. The molecular formula is C25H23NO3. The highest BCUT2D eigenvalue weighted by Crippen LogP contribution is 2.34. The Morgan fingerprint density at radius 1 is 0.724 bits per heavy atom. The highest BCUT2D eigenvalue weighted by molar-refractivity contribution is 6.21. The fourth-order valence-electron chi connectivity index (χ4n) is 3.62. The number of carbonyl (C=O) groups excluding carboxylic acids is 2. The minimum absolute atomic E-state index is 0.128. The quantitative estimate of drug-likeness (QED) is 0.570. The van der Waals surface area contributed by atoms with Gasteiger partial charge in [-0.05, 0) is 48.4 Å². The first kappa shape index (κ1) is 18.9. The molecule has 0 atom stereocenters. The summed E-state index contributed by atoms with van der Waals surface area (Å²) in [6.45, 7) is 6.49. The van der Waals surface area contributed by atoms with E-state index in [-0.39, 0.29) is 17.2 Å². The molecule has 1 aliphatic rings. The van der Waals surface area contributed by atoms with Gasteiger partial charge in [0.05, 0.1) is 11.1 Å². The topological polar surface area (TPSA) is 46.6 Å². The minimum Gasteiger partial charge on any atom is -0.457 e. The molecule has 0 spiro atoms. The average molecular weight is 385 g/mol. The monoisotopic (exact) mass is 385 g/mol. The summed E-state index contributed by atoms with van der Waals surface area (Å²) >= 11 is 0. The molecule has 1 aliphatic heterocycles. The number of fused-ring (bicyclic) bond motifs is 1. The van der Waals surface area contributed by atoms with Crippen molar-refractivity contribution in [2.45, 2.75) is 26.2 Å². The van der Waals surface area contributed by atoms with Gasteiger partial charge >= 0.3 is 0 Å². The molecule has 4 rings (SSSR count). The first-order valence-corrected chi connectivity index (χ1v) is 9.59. The van der Waals surface area contributed by atoms with E-state index in [9.17, 15) is 9.59 Å². The van der Waals surface area contributed by atoms with E-state index < -0.39 is 0 Å². The molecule has 0 unspecified atom stereocenters. The molecule has 29 heavy (non-hydrogen) atoms. The van der Waals surface area contributed by atoms with E-state index >= 15 is 0 Å². The van der Waals surface area contributed by atoms with Gasteiger partial charge in [-0.3, -0.25) is 14.5 Å². The van der Waals surface area contributed by atoms with Gasteiger partial charge in [0.25, 0.3) is 11.8 Å². The number of aryl methyl sites for hydroxylation is 1. The smallest absolute Gasteiger partial charge is 0.261 e. The lowest BCUT2D eigenvalue weighted by molar-refractivity contribution is 0.0693. The van der Waals surface area contributed by atoms with Crippen LogP contribution in [0.25, 0.3) is 0 Å². The lowest BCUT2D eigenvalue weighted by atomic mass is 9.78. The Kier molecular flexibility index (Phi) is 4.50. The lowest BCUT2D eigenvalue weighted by Gasteiger charge is -2.26. The third kappa shape index (κ3) is 3.31.